The Hall–Kier alpha value is -3.35. The predicted molar refractivity (Wildman–Crippen MR) is 116 cm³/mol. The van der Waals surface area contributed by atoms with E-state index in [9.17, 15) is 14.4 Å². The van der Waals surface area contributed by atoms with E-state index in [1.807, 2.05) is 37.3 Å². The van der Waals surface area contributed by atoms with E-state index in [4.69, 9.17) is 4.74 Å². The molecule has 0 aliphatic carbocycles. The van der Waals surface area contributed by atoms with Crippen LogP contribution in [0.5, 0.6) is 0 Å². The number of nitrogens with zero attached hydrogens (tertiary/aromatic N) is 1. The van der Waals surface area contributed by atoms with Crippen molar-refractivity contribution in [2.24, 2.45) is 0 Å². The predicted octanol–water partition coefficient (Wildman–Crippen LogP) is 3.81. The maximum atomic E-state index is 12.1. The van der Waals surface area contributed by atoms with Crippen LogP contribution in [0, 0.1) is 0 Å². The fourth-order valence-corrected chi connectivity index (χ4v) is 2.65. The summed E-state index contributed by atoms with van der Waals surface area (Å²) in [7, 11) is 1.71. The maximum absolute atomic E-state index is 12.1. The molecule has 0 radical (unpaired) electrons. The molecule has 2 rings (SSSR count). The van der Waals surface area contributed by atoms with Crippen molar-refractivity contribution in [3.05, 3.63) is 65.7 Å². The summed E-state index contributed by atoms with van der Waals surface area (Å²) < 4.78 is 5.15. The summed E-state index contributed by atoms with van der Waals surface area (Å²) in [6.07, 6.45) is 1.94. The second kappa shape index (κ2) is 12.3. The molecule has 0 unspecified atom stereocenters. The molecule has 2 aromatic carbocycles. The van der Waals surface area contributed by atoms with Gasteiger partial charge in [-0.2, -0.15) is 0 Å². The average Bonchev–Trinajstić information content (AvgIpc) is 2.75. The van der Waals surface area contributed by atoms with Crippen molar-refractivity contribution < 1.29 is 19.1 Å². The van der Waals surface area contributed by atoms with Crippen LogP contribution < -0.4 is 10.6 Å². The van der Waals surface area contributed by atoms with Crippen molar-refractivity contribution in [1.29, 1.82) is 0 Å². The SMILES string of the molecule is CCCCOC(=O)c1ccc(NC(=O)CCNC(=O)N(C)Cc2ccccc2)cc1. The van der Waals surface area contributed by atoms with Gasteiger partial charge in [0, 0.05) is 32.2 Å². The van der Waals surface area contributed by atoms with E-state index >= 15 is 0 Å². The molecule has 0 atom stereocenters. The summed E-state index contributed by atoms with van der Waals surface area (Å²) in [5.74, 6) is -0.594. The first-order valence-corrected chi connectivity index (χ1v) is 10.1. The highest BCUT2D eigenvalue weighted by Gasteiger charge is 2.10. The monoisotopic (exact) mass is 411 g/mol. The van der Waals surface area contributed by atoms with E-state index < -0.39 is 0 Å². The number of esters is 1. The number of hydrogen-bond acceptors (Lipinski definition) is 4. The van der Waals surface area contributed by atoms with Crippen LogP contribution in [0.15, 0.2) is 54.6 Å². The van der Waals surface area contributed by atoms with Gasteiger partial charge in [-0.15, -0.1) is 0 Å². The lowest BCUT2D eigenvalue weighted by atomic mass is 10.2. The molecule has 0 heterocycles. The molecule has 0 aliphatic heterocycles. The van der Waals surface area contributed by atoms with Crippen LogP contribution in [0.25, 0.3) is 0 Å². The van der Waals surface area contributed by atoms with Gasteiger partial charge in [-0.25, -0.2) is 9.59 Å². The van der Waals surface area contributed by atoms with Crippen LogP contribution >= 0.6 is 0 Å². The number of carbonyl (C=O) groups is 3. The van der Waals surface area contributed by atoms with Crippen LogP contribution in [0.1, 0.15) is 42.1 Å². The van der Waals surface area contributed by atoms with Crippen LogP contribution in [-0.4, -0.2) is 43.0 Å². The van der Waals surface area contributed by atoms with E-state index in [1.54, 1.807) is 36.2 Å². The third-order valence-corrected chi connectivity index (χ3v) is 4.37. The quantitative estimate of drug-likeness (QED) is 0.460. The van der Waals surface area contributed by atoms with E-state index in [2.05, 4.69) is 10.6 Å². The van der Waals surface area contributed by atoms with Gasteiger partial charge >= 0.3 is 12.0 Å². The molecular weight excluding hydrogens is 382 g/mol. The molecule has 2 N–H and O–H groups in total. The molecule has 7 nitrogen and oxygen atoms in total. The van der Waals surface area contributed by atoms with Crippen molar-refractivity contribution in [3.8, 4) is 0 Å². The Balaban J connectivity index is 1.70. The van der Waals surface area contributed by atoms with Crippen LogP contribution in [0.4, 0.5) is 10.5 Å². The average molecular weight is 412 g/mol. The van der Waals surface area contributed by atoms with Gasteiger partial charge in [0.2, 0.25) is 5.91 Å². The Bertz CT molecular complexity index is 822. The molecule has 7 heteroatoms. The number of hydrogen-bond donors (Lipinski definition) is 2. The molecule has 0 fully saturated rings. The van der Waals surface area contributed by atoms with Crippen molar-refractivity contribution >= 4 is 23.6 Å². The van der Waals surface area contributed by atoms with Gasteiger partial charge in [0.1, 0.15) is 0 Å². The van der Waals surface area contributed by atoms with E-state index in [0.717, 1.165) is 18.4 Å². The number of nitrogens with one attached hydrogen (secondary N) is 2. The molecular formula is C23H29N3O4. The molecule has 0 spiro atoms. The Kier molecular flexibility index (Phi) is 9.37. The minimum Gasteiger partial charge on any atom is -0.462 e. The summed E-state index contributed by atoms with van der Waals surface area (Å²) in [5, 5.41) is 5.48. The smallest absolute Gasteiger partial charge is 0.338 e. The molecule has 3 amide bonds. The zero-order chi connectivity index (χ0) is 21.8. The first-order chi connectivity index (χ1) is 14.5. The summed E-state index contributed by atoms with van der Waals surface area (Å²) in [6.45, 7) is 3.15. The highest BCUT2D eigenvalue weighted by Crippen LogP contribution is 2.11. The molecule has 0 aliphatic rings. The van der Waals surface area contributed by atoms with Crippen molar-refractivity contribution in [1.82, 2.24) is 10.2 Å². The van der Waals surface area contributed by atoms with E-state index in [1.165, 1.54) is 0 Å². The number of anilines is 1. The molecule has 0 aromatic heterocycles. The number of rotatable bonds is 10. The summed E-state index contributed by atoms with van der Waals surface area (Å²) >= 11 is 0. The largest absolute Gasteiger partial charge is 0.462 e. The van der Waals surface area contributed by atoms with Gasteiger partial charge in [0.25, 0.3) is 0 Å². The van der Waals surface area contributed by atoms with Gasteiger partial charge in [-0.3, -0.25) is 4.79 Å². The fraction of sp³-hybridized carbons (Fsp3) is 0.348. The van der Waals surface area contributed by atoms with Crippen LogP contribution in [0.3, 0.4) is 0 Å². The number of amides is 3. The van der Waals surface area contributed by atoms with Crippen molar-refractivity contribution in [2.75, 3.05) is 25.5 Å². The molecule has 0 saturated carbocycles. The van der Waals surface area contributed by atoms with Gasteiger partial charge in [-0.05, 0) is 36.2 Å². The van der Waals surface area contributed by atoms with Crippen molar-refractivity contribution in [2.45, 2.75) is 32.7 Å². The third kappa shape index (κ3) is 7.95. The van der Waals surface area contributed by atoms with Crippen LogP contribution in [0.2, 0.25) is 0 Å². The Labute approximate surface area is 177 Å². The normalized spacial score (nSPS) is 10.2. The topological polar surface area (TPSA) is 87.7 Å². The fourth-order valence-electron chi connectivity index (χ4n) is 2.65. The summed E-state index contributed by atoms with van der Waals surface area (Å²) in [4.78, 5) is 37.6. The van der Waals surface area contributed by atoms with Gasteiger partial charge in [0.05, 0.1) is 12.2 Å². The zero-order valence-corrected chi connectivity index (χ0v) is 17.5. The van der Waals surface area contributed by atoms with Crippen LogP contribution in [-0.2, 0) is 16.1 Å². The number of unbranched alkanes of at least 4 members (excludes halogenated alkanes) is 1. The standard InChI is InChI=1S/C23H29N3O4/c1-3-4-16-30-22(28)19-10-12-20(13-11-19)25-21(27)14-15-24-23(29)26(2)17-18-8-6-5-7-9-18/h5-13H,3-4,14-17H2,1-2H3,(H,24,29)(H,25,27). The summed E-state index contributed by atoms with van der Waals surface area (Å²) in [5.41, 5.74) is 2.06. The van der Waals surface area contributed by atoms with E-state index in [-0.39, 0.29) is 30.9 Å². The molecule has 0 saturated heterocycles. The Morgan fingerprint density at radius 1 is 1.00 bits per heavy atom. The first-order valence-electron chi connectivity index (χ1n) is 10.1. The first kappa shape index (κ1) is 22.9. The second-order valence-electron chi connectivity index (χ2n) is 6.94. The number of carbonyl (C=O) groups excluding carboxylic acids is 3. The van der Waals surface area contributed by atoms with Gasteiger partial charge < -0.3 is 20.3 Å². The molecule has 30 heavy (non-hydrogen) atoms. The third-order valence-electron chi connectivity index (χ3n) is 4.37. The lowest BCUT2D eigenvalue weighted by Gasteiger charge is -2.18. The minimum absolute atomic E-state index is 0.145. The zero-order valence-electron chi connectivity index (χ0n) is 17.5. The minimum atomic E-state index is -0.372. The second-order valence-corrected chi connectivity index (χ2v) is 6.94. The molecule has 160 valence electrons. The lowest BCUT2D eigenvalue weighted by molar-refractivity contribution is -0.116. The highest BCUT2D eigenvalue weighted by molar-refractivity contribution is 5.93. The Morgan fingerprint density at radius 2 is 1.70 bits per heavy atom. The van der Waals surface area contributed by atoms with Gasteiger partial charge in [0.15, 0.2) is 0 Å². The molecule has 0 bridgehead atoms. The highest BCUT2D eigenvalue weighted by atomic mass is 16.5. The lowest BCUT2D eigenvalue weighted by Crippen LogP contribution is -2.38. The summed E-state index contributed by atoms with van der Waals surface area (Å²) in [6, 6.07) is 16.0. The Morgan fingerprint density at radius 3 is 2.37 bits per heavy atom. The number of urea groups is 1. The van der Waals surface area contributed by atoms with E-state index in [0.29, 0.717) is 24.4 Å². The number of ether oxygens (including phenoxy) is 1. The van der Waals surface area contributed by atoms with Crippen molar-refractivity contribution in [3.63, 3.8) is 0 Å². The maximum Gasteiger partial charge on any atom is 0.338 e. The number of benzene rings is 2. The van der Waals surface area contributed by atoms with Gasteiger partial charge in [-0.1, -0.05) is 43.7 Å². The molecule has 2 aromatic rings.